The van der Waals surface area contributed by atoms with Gasteiger partial charge in [-0.1, -0.05) is 164 Å². The Kier molecular flexibility index (Phi) is 5.92. The standard InChI is InChI=1S/C51H32N4S/c1-3-14-33(15-4-1)34-26-28-36(29-27-34)50-52-49(35-16-5-2-6-17-35)53-51(54-50)43-31-30-37(38-21-13-22-42-41-20-9-12-25-47(41)56-48(38)42)32-46(43)55-44-23-10-7-18-39(44)40-19-8-11-24-45(40)55/h1-32H/i7D,8D,10D,11D,18D,19D,23D,24D. The first-order valence-electron chi connectivity index (χ1n) is 22.1. The van der Waals surface area contributed by atoms with Crippen LogP contribution < -0.4 is 0 Å². The van der Waals surface area contributed by atoms with Crippen LogP contribution in [-0.4, -0.2) is 19.5 Å². The molecule has 8 aromatic carbocycles. The average Bonchev–Trinajstić information content (AvgIpc) is 3.91. The van der Waals surface area contributed by atoms with Gasteiger partial charge in [0, 0.05) is 47.6 Å². The Balaban J connectivity index is 1.25. The third-order valence-corrected chi connectivity index (χ3v) is 11.4. The normalized spacial score (nSPS) is 13.6. The van der Waals surface area contributed by atoms with Crippen LogP contribution in [-0.2, 0) is 0 Å². The molecule has 0 aliphatic carbocycles. The molecule has 56 heavy (non-hydrogen) atoms. The fraction of sp³-hybridized carbons (Fsp3) is 0. The van der Waals surface area contributed by atoms with E-state index in [0.29, 0.717) is 22.9 Å². The van der Waals surface area contributed by atoms with Crippen molar-refractivity contribution in [3.05, 3.63) is 194 Å². The molecule has 0 N–H and O–H groups in total. The Morgan fingerprint density at radius 2 is 0.946 bits per heavy atom. The highest BCUT2D eigenvalue weighted by molar-refractivity contribution is 7.26. The van der Waals surface area contributed by atoms with E-state index in [-0.39, 0.29) is 27.6 Å². The molecule has 4 nitrogen and oxygen atoms in total. The molecule has 5 heteroatoms. The van der Waals surface area contributed by atoms with E-state index in [1.807, 2.05) is 127 Å². The van der Waals surface area contributed by atoms with Gasteiger partial charge in [0.2, 0.25) is 0 Å². The van der Waals surface area contributed by atoms with Gasteiger partial charge in [-0.15, -0.1) is 11.3 Å². The van der Waals surface area contributed by atoms with Crippen LogP contribution >= 0.6 is 11.3 Å². The van der Waals surface area contributed by atoms with Crippen molar-refractivity contribution >= 4 is 53.3 Å². The zero-order valence-corrected chi connectivity index (χ0v) is 30.4. The summed E-state index contributed by atoms with van der Waals surface area (Å²) in [5.41, 5.74) is 6.02. The van der Waals surface area contributed by atoms with Gasteiger partial charge < -0.3 is 4.57 Å². The molecule has 0 saturated heterocycles. The summed E-state index contributed by atoms with van der Waals surface area (Å²) in [4.78, 5) is 15.2. The number of para-hydroxylation sites is 2. The second-order valence-electron chi connectivity index (χ2n) is 13.4. The Morgan fingerprint density at radius 1 is 0.411 bits per heavy atom. The van der Waals surface area contributed by atoms with Crippen molar-refractivity contribution in [3.63, 3.8) is 0 Å². The molecule has 3 aromatic heterocycles. The van der Waals surface area contributed by atoms with Gasteiger partial charge in [0.15, 0.2) is 17.5 Å². The SMILES string of the molecule is [2H]c1c([2H])c([2H])c2c(c1[2H])c1c([2H])c([2H])c([2H])c([2H])c1n2-c1cc(-c2cccc3c2sc2ccccc23)ccc1-c1nc(-c2ccccc2)nc(-c2ccc(-c3ccccc3)cc2)n1. The number of fused-ring (bicyclic) bond motifs is 6. The smallest absolute Gasteiger partial charge is 0.166 e. The summed E-state index contributed by atoms with van der Waals surface area (Å²) < 4.78 is 75.7. The number of rotatable bonds is 6. The van der Waals surface area contributed by atoms with Crippen LogP contribution in [0.25, 0.3) is 104 Å². The van der Waals surface area contributed by atoms with Crippen LogP contribution in [0.1, 0.15) is 11.0 Å². The second-order valence-corrected chi connectivity index (χ2v) is 14.5. The van der Waals surface area contributed by atoms with E-state index in [1.165, 1.54) is 0 Å². The van der Waals surface area contributed by atoms with Gasteiger partial charge in [0.05, 0.1) is 27.7 Å². The number of thiophene rings is 1. The van der Waals surface area contributed by atoms with Crippen molar-refractivity contribution in [2.24, 2.45) is 0 Å². The van der Waals surface area contributed by atoms with Crippen molar-refractivity contribution in [3.8, 4) is 62.1 Å². The largest absolute Gasteiger partial charge is 0.308 e. The molecule has 11 aromatic rings. The first-order chi connectivity index (χ1) is 31.1. The summed E-state index contributed by atoms with van der Waals surface area (Å²) in [5.74, 6) is 1.03. The Labute approximate surface area is 338 Å². The van der Waals surface area contributed by atoms with Gasteiger partial charge in [0.1, 0.15) is 0 Å². The average molecular weight is 741 g/mol. The lowest BCUT2D eigenvalue weighted by Gasteiger charge is -2.17. The summed E-state index contributed by atoms with van der Waals surface area (Å²) in [6.45, 7) is 0. The molecule has 0 aliphatic heterocycles. The third kappa shape index (κ3) is 5.40. The molecule has 262 valence electrons. The van der Waals surface area contributed by atoms with Crippen molar-refractivity contribution in [1.82, 2.24) is 19.5 Å². The van der Waals surface area contributed by atoms with Gasteiger partial charge >= 0.3 is 0 Å². The number of hydrogen-bond acceptors (Lipinski definition) is 4. The van der Waals surface area contributed by atoms with Gasteiger partial charge in [-0.05, 0) is 52.5 Å². The highest BCUT2D eigenvalue weighted by Crippen LogP contribution is 2.43. The number of hydrogen-bond donors (Lipinski definition) is 0. The quantitative estimate of drug-likeness (QED) is 0.170. The van der Waals surface area contributed by atoms with E-state index in [4.69, 9.17) is 23.2 Å². The zero-order chi connectivity index (χ0) is 44.0. The summed E-state index contributed by atoms with van der Waals surface area (Å²) in [5, 5.41) is 2.17. The van der Waals surface area contributed by atoms with Crippen LogP contribution in [0, 0.1) is 0 Å². The lowest BCUT2D eigenvalue weighted by Crippen LogP contribution is -2.04. The maximum atomic E-state index is 9.36. The molecule has 0 fully saturated rings. The highest BCUT2D eigenvalue weighted by atomic mass is 32.1. The molecule has 0 bridgehead atoms. The first kappa shape index (κ1) is 25.0. The maximum Gasteiger partial charge on any atom is 0.166 e. The van der Waals surface area contributed by atoms with E-state index in [9.17, 15) is 2.74 Å². The van der Waals surface area contributed by atoms with Gasteiger partial charge in [-0.2, -0.15) is 0 Å². The Morgan fingerprint density at radius 3 is 1.66 bits per heavy atom. The molecule has 0 unspecified atom stereocenters. The van der Waals surface area contributed by atoms with E-state index >= 15 is 0 Å². The summed E-state index contributed by atoms with van der Waals surface area (Å²) in [6, 6.07) is 44.0. The molecule has 0 saturated carbocycles. The first-order valence-corrected chi connectivity index (χ1v) is 18.9. The molecule has 0 spiro atoms. The lowest BCUT2D eigenvalue weighted by molar-refractivity contribution is 1.06. The number of nitrogens with zero attached hydrogens (tertiary/aromatic N) is 4. The topological polar surface area (TPSA) is 43.6 Å². The van der Waals surface area contributed by atoms with E-state index in [1.54, 1.807) is 15.9 Å². The van der Waals surface area contributed by atoms with E-state index < -0.39 is 48.3 Å². The fourth-order valence-electron chi connectivity index (χ4n) is 7.49. The van der Waals surface area contributed by atoms with Crippen LogP contribution in [0.4, 0.5) is 0 Å². The van der Waals surface area contributed by atoms with Crippen LogP contribution in [0.2, 0.25) is 0 Å². The van der Waals surface area contributed by atoms with Crippen molar-refractivity contribution < 1.29 is 11.0 Å². The van der Waals surface area contributed by atoms with Gasteiger partial charge in [-0.25, -0.2) is 15.0 Å². The lowest BCUT2D eigenvalue weighted by atomic mass is 9.99. The minimum atomic E-state index is -0.512. The molecule has 11 rings (SSSR count). The van der Waals surface area contributed by atoms with Crippen molar-refractivity contribution in [2.75, 3.05) is 0 Å². The predicted molar refractivity (Wildman–Crippen MR) is 234 cm³/mol. The number of aromatic nitrogens is 4. The van der Waals surface area contributed by atoms with Crippen molar-refractivity contribution in [1.29, 1.82) is 0 Å². The minimum absolute atomic E-state index is 0.000494. The molecular formula is C51H32N4S. The molecular weight excluding hydrogens is 701 g/mol. The molecule has 3 heterocycles. The third-order valence-electron chi connectivity index (χ3n) is 10.1. The Bertz CT molecular complexity index is 3630. The Hall–Kier alpha value is -7.21. The monoisotopic (exact) mass is 740 g/mol. The molecule has 0 amide bonds. The highest BCUT2D eigenvalue weighted by Gasteiger charge is 2.21. The van der Waals surface area contributed by atoms with Crippen LogP contribution in [0.15, 0.2) is 194 Å². The van der Waals surface area contributed by atoms with Crippen molar-refractivity contribution in [2.45, 2.75) is 0 Å². The molecule has 0 atom stereocenters. The van der Waals surface area contributed by atoms with Gasteiger partial charge in [0.25, 0.3) is 0 Å². The summed E-state index contributed by atoms with van der Waals surface area (Å²) >= 11 is 1.67. The predicted octanol–water partition coefficient (Wildman–Crippen LogP) is 13.7. The van der Waals surface area contributed by atoms with Crippen LogP contribution in [0.3, 0.4) is 0 Å². The van der Waals surface area contributed by atoms with E-state index in [0.717, 1.165) is 53.6 Å². The summed E-state index contributed by atoms with van der Waals surface area (Å²) in [6.07, 6.45) is 0. The molecule has 0 radical (unpaired) electrons. The van der Waals surface area contributed by atoms with Gasteiger partial charge in [-0.3, -0.25) is 0 Å². The van der Waals surface area contributed by atoms with Crippen LogP contribution in [0.5, 0.6) is 0 Å². The zero-order valence-electron chi connectivity index (χ0n) is 37.6. The fourth-order valence-corrected chi connectivity index (χ4v) is 8.73. The minimum Gasteiger partial charge on any atom is -0.308 e. The summed E-state index contributed by atoms with van der Waals surface area (Å²) in [7, 11) is 0. The maximum absolute atomic E-state index is 9.36. The number of benzene rings is 8. The molecule has 0 aliphatic rings. The second kappa shape index (κ2) is 13.3. The van der Waals surface area contributed by atoms with E-state index in [2.05, 4.69) is 18.2 Å².